The van der Waals surface area contributed by atoms with E-state index in [9.17, 15) is 4.79 Å². The van der Waals surface area contributed by atoms with Gasteiger partial charge in [0, 0.05) is 23.3 Å². The summed E-state index contributed by atoms with van der Waals surface area (Å²) in [5, 5.41) is 6.25. The van der Waals surface area contributed by atoms with Crippen molar-refractivity contribution < 1.29 is 9.53 Å². The van der Waals surface area contributed by atoms with E-state index in [0.29, 0.717) is 28.5 Å². The molecule has 0 saturated carbocycles. The lowest BCUT2D eigenvalue weighted by Gasteiger charge is -2.09. The van der Waals surface area contributed by atoms with E-state index in [1.165, 1.54) is 0 Å². The van der Waals surface area contributed by atoms with E-state index in [0.717, 1.165) is 11.4 Å². The number of nitrogens with zero attached hydrogens (tertiary/aromatic N) is 2. The molecule has 140 valence electrons. The third-order valence-corrected chi connectivity index (χ3v) is 4.43. The summed E-state index contributed by atoms with van der Waals surface area (Å²) in [5.74, 6) is 0.406. The molecular weight excluding hydrogens is 352 g/mol. The Kier molecular flexibility index (Phi) is 4.68. The molecule has 0 unspecified atom stereocenters. The molecule has 0 radical (unpaired) electrons. The number of amides is 1. The molecule has 2 heterocycles. The predicted octanol–water partition coefficient (Wildman–Crippen LogP) is 4.65. The quantitative estimate of drug-likeness (QED) is 0.535. The summed E-state index contributed by atoms with van der Waals surface area (Å²) in [6, 6.07) is 21.1. The lowest BCUT2D eigenvalue weighted by molar-refractivity contribution is 0.102. The van der Waals surface area contributed by atoms with Crippen LogP contribution >= 0.6 is 0 Å². The van der Waals surface area contributed by atoms with Crippen LogP contribution in [0.15, 0.2) is 72.9 Å². The average Bonchev–Trinajstić information content (AvgIpc) is 3.06. The fourth-order valence-corrected chi connectivity index (χ4v) is 3.10. The van der Waals surface area contributed by atoms with Crippen molar-refractivity contribution in [2.45, 2.75) is 6.92 Å². The van der Waals surface area contributed by atoms with Gasteiger partial charge in [-0.25, -0.2) is 4.98 Å². The summed E-state index contributed by atoms with van der Waals surface area (Å²) >= 11 is 0. The zero-order chi connectivity index (χ0) is 19.5. The standard InChI is InChI=1S/C22H20N4O2/c1-15-20(26-14-6-9-19(28-2)21(26)23-15)22(27)25-18-12-10-17(11-13-18)24-16-7-4-3-5-8-16/h3-14,24H,1-2H3,(H,25,27). The van der Waals surface area contributed by atoms with Gasteiger partial charge in [0.2, 0.25) is 0 Å². The van der Waals surface area contributed by atoms with Crippen molar-refractivity contribution in [1.82, 2.24) is 9.38 Å². The van der Waals surface area contributed by atoms with Gasteiger partial charge < -0.3 is 15.4 Å². The number of fused-ring (bicyclic) bond motifs is 1. The molecular formula is C22H20N4O2. The second-order valence-corrected chi connectivity index (χ2v) is 6.34. The van der Waals surface area contributed by atoms with Crippen molar-refractivity contribution in [2.24, 2.45) is 0 Å². The number of hydrogen-bond acceptors (Lipinski definition) is 4. The summed E-state index contributed by atoms with van der Waals surface area (Å²) in [6.07, 6.45) is 1.81. The molecule has 0 aliphatic carbocycles. The Hall–Kier alpha value is -3.80. The van der Waals surface area contributed by atoms with E-state index in [4.69, 9.17) is 4.74 Å². The number of carbonyl (C=O) groups excluding carboxylic acids is 1. The molecule has 28 heavy (non-hydrogen) atoms. The molecule has 6 heteroatoms. The highest BCUT2D eigenvalue weighted by molar-refractivity contribution is 6.04. The Morgan fingerprint density at radius 3 is 2.32 bits per heavy atom. The van der Waals surface area contributed by atoms with Gasteiger partial charge >= 0.3 is 0 Å². The van der Waals surface area contributed by atoms with Crippen LogP contribution in [0.3, 0.4) is 0 Å². The summed E-state index contributed by atoms with van der Waals surface area (Å²) in [5.41, 5.74) is 4.41. The second-order valence-electron chi connectivity index (χ2n) is 6.34. The number of benzene rings is 2. The highest BCUT2D eigenvalue weighted by Gasteiger charge is 2.18. The van der Waals surface area contributed by atoms with E-state index < -0.39 is 0 Å². The number of methoxy groups -OCH3 is 1. The van der Waals surface area contributed by atoms with Gasteiger partial charge in [0.1, 0.15) is 5.69 Å². The topological polar surface area (TPSA) is 67.7 Å². The van der Waals surface area contributed by atoms with E-state index in [2.05, 4.69) is 15.6 Å². The van der Waals surface area contributed by atoms with Gasteiger partial charge in [0.05, 0.1) is 12.8 Å². The minimum atomic E-state index is -0.220. The number of anilines is 3. The summed E-state index contributed by atoms with van der Waals surface area (Å²) in [4.78, 5) is 17.3. The summed E-state index contributed by atoms with van der Waals surface area (Å²) < 4.78 is 7.08. The van der Waals surface area contributed by atoms with Gasteiger partial charge in [-0.2, -0.15) is 0 Å². The Labute approximate surface area is 162 Å². The van der Waals surface area contributed by atoms with Crippen molar-refractivity contribution in [2.75, 3.05) is 17.7 Å². The van der Waals surface area contributed by atoms with Crippen molar-refractivity contribution in [1.29, 1.82) is 0 Å². The summed E-state index contributed by atoms with van der Waals surface area (Å²) in [6.45, 7) is 1.81. The predicted molar refractivity (Wildman–Crippen MR) is 111 cm³/mol. The highest BCUT2D eigenvalue weighted by atomic mass is 16.5. The normalized spacial score (nSPS) is 10.6. The van der Waals surface area contributed by atoms with Crippen molar-refractivity contribution in [3.8, 4) is 5.75 Å². The molecule has 6 nitrogen and oxygen atoms in total. The van der Waals surface area contributed by atoms with Gasteiger partial charge in [-0.05, 0) is 55.5 Å². The molecule has 2 N–H and O–H groups in total. The summed E-state index contributed by atoms with van der Waals surface area (Å²) in [7, 11) is 1.59. The lowest BCUT2D eigenvalue weighted by Crippen LogP contribution is -2.15. The van der Waals surface area contributed by atoms with Crippen LogP contribution in [0.4, 0.5) is 17.1 Å². The third kappa shape index (κ3) is 3.40. The first-order chi connectivity index (χ1) is 13.7. The molecule has 0 atom stereocenters. The Morgan fingerprint density at radius 2 is 1.61 bits per heavy atom. The van der Waals surface area contributed by atoms with E-state index >= 15 is 0 Å². The maximum absolute atomic E-state index is 12.9. The van der Waals surface area contributed by atoms with Crippen LogP contribution in [0.2, 0.25) is 0 Å². The minimum absolute atomic E-state index is 0.220. The molecule has 0 fully saturated rings. The van der Waals surface area contributed by atoms with Crippen LogP contribution in [-0.4, -0.2) is 22.4 Å². The zero-order valence-electron chi connectivity index (χ0n) is 15.6. The number of imidazole rings is 1. The third-order valence-electron chi connectivity index (χ3n) is 4.43. The van der Waals surface area contributed by atoms with Crippen molar-refractivity contribution >= 4 is 28.6 Å². The molecule has 0 saturated heterocycles. The number of carbonyl (C=O) groups is 1. The molecule has 1 amide bonds. The van der Waals surface area contributed by atoms with Crippen LogP contribution in [0.25, 0.3) is 5.65 Å². The molecule has 0 aliphatic rings. The van der Waals surface area contributed by atoms with E-state index in [1.807, 2.05) is 73.7 Å². The Morgan fingerprint density at radius 1 is 0.929 bits per heavy atom. The number of rotatable bonds is 5. The van der Waals surface area contributed by atoms with Crippen LogP contribution in [0.1, 0.15) is 16.2 Å². The maximum atomic E-state index is 12.9. The first-order valence-electron chi connectivity index (χ1n) is 8.91. The van der Waals surface area contributed by atoms with Crippen LogP contribution in [0, 0.1) is 6.92 Å². The molecule has 2 aromatic heterocycles. The van der Waals surface area contributed by atoms with Gasteiger partial charge in [0.25, 0.3) is 5.91 Å². The molecule has 0 bridgehead atoms. The SMILES string of the molecule is COc1cccn2c(C(=O)Nc3ccc(Nc4ccccc4)cc3)c(C)nc12. The van der Waals surface area contributed by atoms with E-state index in [-0.39, 0.29) is 5.91 Å². The minimum Gasteiger partial charge on any atom is -0.493 e. The Bertz CT molecular complexity index is 1120. The number of aromatic nitrogens is 2. The highest BCUT2D eigenvalue weighted by Crippen LogP contribution is 2.23. The Balaban J connectivity index is 1.54. The van der Waals surface area contributed by atoms with Gasteiger partial charge in [-0.15, -0.1) is 0 Å². The lowest BCUT2D eigenvalue weighted by atomic mass is 10.2. The number of para-hydroxylation sites is 1. The van der Waals surface area contributed by atoms with Crippen LogP contribution in [0.5, 0.6) is 5.75 Å². The average molecular weight is 372 g/mol. The van der Waals surface area contributed by atoms with Crippen molar-refractivity contribution in [3.05, 3.63) is 84.3 Å². The largest absolute Gasteiger partial charge is 0.493 e. The fraction of sp³-hybridized carbons (Fsp3) is 0.0909. The van der Waals surface area contributed by atoms with Crippen molar-refractivity contribution in [3.63, 3.8) is 0 Å². The molecule has 0 spiro atoms. The molecule has 4 rings (SSSR count). The van der Waals surface area contributed by atoms with Crippen LogP contribution < -0.4 is 15.4 Å². The monoisotopic (exact) mass is 372 g/mol. The first kappa shape index (κ1) is 17.6. The van der Waals surface area contributed by atoms with Gasteiger partial charge in [0.15, 0.2) is 11.4 Å². The molecule has 0 aliphatic heterocycles. The molecule has 4 aromatic rings. The number of hydrogen-bond donors (Lipinski definition) is 2. The second kappa shape index (κ2) is 7.44. The molecule has 2 aromatic carbocycles. The first-order valence-corrected chi connectivity index (χ1v) is 8.91. The van der Waals surface area contributed by atoms with Gasteiger partial charge in [-0.1, -0.05) is 18.2 Å². The fourth-order valence-electron chi connectivity index (χ4n) is 3.10. The maximum Gasteiger partial charge on any atom is 0.274 e. The van der Waals surface area contributed by atoms with E-state index in [1.54, 1.807) is 17.7 Å². The number of ether oxygens (including phenoxy) is 1. The zero-order valence-corrected chi connectivity index (χ0v) is 15.6. The number of nitrogens with one attached hydrogen (secondary N) is 2. The van der Waals surface area contributed by atoms with Crippen LogP contribution in [-0.2, 0) is 0 Å². The number of pyridine rings is 1. The smallest absolute Gasteiger partial charge is 0.274 e. The van der Waals surface area contributed by atoms with Gasteiger partial charge in [-0.3, -0.25) is 9.20 Å². The number of aryl methyl sites for hydroxylation is 1.